The molecule has 0 amide bonds. The standard InChI is InChI=1S/C42H38/c1-26-19-27(2)41-38-24-33(25-39(38)42(3,4)40(41)20-26)31-11-7-9-29(22-31)21-28-15-17-30(18-16-28)34-13-8-14-36-35-12-6-5-10-32(35)23-37(34)36/h6-9,11-20,22,24H,5,10,21,23,25H2,1-4H3. The fraction of sp³-hybridized carbons (Fsp3) is 0.238. The van der Waals surface area contributed by atoms with Crippen LogP contribution in [0, 0.1) is 13.8 Å². The predicted molar refractivity (Wildman–Crippen MR) is 179 cm³/mol. The molecule has 0 heteroatoms. The van der Waals surface area contributed by atoms with Crippen molar-refractivity contribution in [2.24, 2.45) is 0 Å². The van der Waals surface area contributed by atoms with Crippen LogP contribution >= 0.6 is 0 Å². The molecule has 0 saturated heterocycles. The summed E-state index contributed by atoms with van der Waals surface area (Å²) in [7, 11) is 0. The van der Waals surface area contributed by atoms with Gasteiger partial charge in [-0.15, -0.1) is 0 Å². The molecule has 0 aliphatic heterocycles. The molecule has 4 aliphatic rings. The number of rotatable bonds is 4. The zero-order valence-corrected chi connectivity index (χ0v) is 25.3. The van der Waals surface area contributed by atoms with E-state index in [0.29, 0.717) is 0 Å². The second kappa shape index (κ2) is 9.43. The zero-order chi connectivity index (χ0) is 28.6. The molecule has 4 aromatic carbocycles. The Balaban J connectivity index is 1.04. The first-order valence-electron chi connectivity index (χ1n) is 15.6. The number of hydrogen-bond acceptors (Lipinski definition) is 0. The quantitative estimate of drug-likeness (QED) is 0.241. The Kier molecular flexibility index (Phi) is 5.73. The summed E-state index contributed by atoms with van der Waals surface area (Å²) in [6, 6.07) is 30.2. The monoisotopic (exact) mass is 542 g/mol. The van der Waals surface area contributed by atoms with Gasteiger partial charge < -0.3 is 0 Å². The van der Waals surface area contributed by atoms with Crippen molar-refractivity contribution in [2.45, 2.75) is 65.2 Å². The average Bonchev–Trinajstić information content (AvgIpc) is 3.65. The first-order valence-corrected chi connectivity index (χ1v) is 15.6. The number of allylic oxidation sites excluding steroid dienone is 8. The van der Waals surface area contributed by atoms with Crippen LogP contribution in [0.15, 0.2) is 108 Å². The van der Waals surface area contributed by atoms with Gasteiger partial charge in [0.2, 0.25) is 0 Å². The number of hydrogen-bond donors (Lipinski definition) is 0. The highest BCUT2D eigenvalue weighted by atomic mass is 14.4. The second-order valence-electron chi connectivity index (χ2n) is 13.4. The van der Waals surface area contributed by atoms with E-state index in [1.807, 2.05) is 0 Å². The van der Waals surface area contributed by atoms with E-state index in [9.17, 15) is 0 Å². The van der Waals surface area contributed by atoms with Crippen molar-refractivity contribution in [3.8, 4) is 11.1 Å². The van der Waals surface area contributed by atoms with Gasteiger partial charge in [-0.3, -0.25) is 0 Å². The molecule has 8 rings (SSSR count). The first-order chi connectivity index (χ1) is 20.4. The molecular weight excluding hydrogens is 504 g/mol. The van der Waals surface area contributed by atoms with Gasteiger partial charge in [-0.25, -0.2) is 0 Å². The second-order valence-corrected chi connectivity index (χ2v) is 13.4. The van der Waals surface area contributed by atoms with Crippen molar-refractivity contribution < 1.29 is 0 Å². The van der Waals surface area contributed by atoms with Crippen molar-refractivity contribution in [3.63, 3.8) is 0 Å². The van der Waals surface area contributed by atoms with Crippen LogP contribution in [0.25, 0.3) is 27.8 Å². The van der Waals surface area contributed by atoms with Crippen molar-refractivity contribution >= 4 is 16.7 Å². The lowest BCUT2D eigenvalue weighted by Crippen LogP contribution is -2.17. The van der Waals surface area contributed by atoms with Gasteiger partial charge >= 0.3 is 0 Å². The van der Waals surface area contributed by atoms with Gasteiger partial charge in [-0.2, -0.15) is 0 Å². The average molecular weight is 543 g/mol. The van der Waals surface area contributed by atoms with E-state index in [2.05, 4.69) is 125 Å². The van der Waals surface area contributed by atoms with E-state index < -0.39 is 0 Å². The molecule has 42 heavy (non-hydrogen) atoms. The topological polar surface area (TPSA) is 0 Å². The van der Waals surface area contributed by atoms with E-state index in [1.54, 1.807) is 11.1 Å². The molecule has 0 heterocycles. The fourth-order valence-corrected chi connectivity index (χ4v) is 8.15. The Morgan fingerprint density at radius 3 is 2.40 bits per heavy atom. The predicted octanol–water partition coefficient (Wildman–Crippen LogP) is 10.8. The Bertz CT molecular complexity index is 1910. The van der Waals surface area contributed by atoms with Crippen LogP contribution in [0.5, 0.6) is 0 Å². The molecule has 0 spiro atoms. The molecule has 206 valence electrons. The molecule has 0 fully saturated rings. The van der Waals surface area contributed by atoms with Crippen LogP contribution in [0.1, 0.15) is 83.2 Å². The lowest BCUT2D eigenvalue weighted by molar-refractivity contribution is 0.628. The van der Waals surface area contributed by atoms with E-state index in [0.717, 1.165) is 19.3 Å². The Morgan fingerprint density at radius 1 is 0.738 bits per heavy atom. The molecule has 4 aliphatic carbocycles. The summed E-state index contributed by atoms with van der Waals surface area (Å²) < 4.78 is 0. The molecular formula is C42H38. The minimum Gasteiger partial charge on any atom is -0.0836 e. The van der Waals surface area contributed by atoms with Gasteiger partial charge in [0.1, 0.15) is 0 Å². The summed E-state index contributed by atoms with van der Waals surface area (Å²) >= 11 is 0. The third-order valence-corrected chi connectivity index (χ3v) is 10.3. The van der Waals surface area contributed by atoms with E-state index >= 15 is 0 Å². The minimum atomic E-state index is 0.0873. The SMILES string of the molecule is Cc1cc(C)c2c(c1)C(C)(C)C1=C2C=C(c2cccc(Cc3ccc(-c4cccc5c4CC4=C5C=CCC4)cc3)c2)C1. The number of benzene rings is 4. The fourth-order valence-electron chi connectivity index (χ4n) is 8.15. The number of fused-ring (bicyclic) bond motifs is 4. The highest BCUT2D eigenvalue weighted by molar-refractivity contribution is 5.98. The molecule has 0 aromatic heterocycles. The van der Waals surface area contributed by atoms with Crippen LogP contribution in [-0.2, 0) is 18.3 Å². The molecule has 4 aromatic rings. The van der Waals surface area contributed by atoms with Crippen LogP contribution in [0.3, 0.4) is 0 Å². The smallest absolute Gasteiger partial charge is 0.0124 e. The molecule has 0 atom stereocenters. The molecule has 0 bridgehead atoms. The normalized spacial score (nSPS) is 17.8. The van der Waals surface area contributed by atoms with Gasteiger partial charge in [-0.05, 0) is 124 Å². The summed E-state index contributed by atoms with van der Waals surface area (Å²) in [6.07, 6.45) is 12.7. The largest absolute Gasteiger partial charge is 0.0836 e. The van der Waals surface area contributed by atoms with Crippen LogP contribution in [-0.4, -0.2) is 0 Å². The molecule has 0 saturated carbocycles. The van der Waals surface area contributed by atoms with Crippen molar-refractivity contribution in [1.29, 1.82) is 0 Å². The Morgan fingerprint density at radius 2 is 1.55 bits per heavy atom. The molecule has 0 radical (unpaired) electrons. The summed E-state index contributed by atoms with van der Waals surface area (Å²) in [5.41, 5.74) is 23.2. The summed E-state index contributed by atoms with van der Waals surface area (Å²) in [4.78, 5) is 0. The molecule has 0 N–H and O–H groups in total. The minimum absolute atomic E-state index is 0.0873. The van der Waals surface area contributed by atoms with Gasteiger partial charge in [0, 0.05) is 5.41 Å². The van der Waals surface area contributed by atoms with Gasteiger partial charge in [0.15, 0.2) is 0 Å². The summed E-state index contributed by atoms with van der Waals surface area (Å²) in [5.74, 6) is 0. The lowest BCUT2D eigenvalue weighted by atomic mass is 9.78. The third kappa shape index (κ3) is 3.96. The lowest BCUT2D eigenvalue weighted by Gasteiger charge is -2.25. The summed E-state index contributed by atoms with van der Waals surface area (Å²) in [5, 5.41) is 0. The highest BCUT2D eigenvalue weighted by Crippen LogP contribution is 2.55. The van der Waals surface area contributed by atoms with E-state index in [-0.39, 0.29) is 5.41 Å². The van der Waals surface area contributed by atoms with Crippen molar-refractivity contribution in [3.05, 3.63) is 158 Å². The van der Waals surface area contributed by atoms with Gasteiger partial charge in [0.05, 0.1) is 0 Å². The van der Waals surface area contributed by atoms with Crippen LogP contribution in [0.2, 0.25) is 0 Å². The van der Waals surface area contributed by atoms with E-state index in [4.69, 9.17) is 0 Å². The number of aryl methyl sites for hydroxylation is 2. The maximum Gasteiger partial charge on any atom is 0.0124 e. The molecule has 0 unspecified atom stereocenters. The highest BCUT2D eigenvalue weighted by Gasteiger charge is 2.40. The van der Waals surface area contributed by atoms with Crippen molar-refractivity contribution in [2.75, 3.05) is 0 Å². The maximum atomic E-state index is 2.49. The maximum absolute atomic E-state index is 2.49. The van der Waals surface area contributed by atoms with Crippen molar-refractivity contribution in [1.82, 2.24) is 0 Å². The van der Waals surface area contributed by atoms with Crippen LogP contribution < -0.4 is 0 Å². The Hall–Kier alpha value is -4.16. The zero-order valence-electron chi connectivity index (χ0n) is 25.3. The van der Waals surface area contributed by atoms with Gasteiger partial charge in [0.25, 0.3) is 0 Å². The third-order valence-electron chi connectivity index (χ3n) is 10.3. The van der Waals surface area contributed by atoms with Crippen LogP contribution in [0.4, 0.5) is 0 Å². The van der Waals surface area contributed by atoms with Gasteiger partial charge in [-0.1, -0.05) is 122 Å². The van der Waals surface area contributed by atoms with E-state index in [1.165, 1.54) is 90.8 Å². The molecule has 0 nitrogen and oxygen atoms in total. The first kappa shape index (κ1) is 25.5. The Labute approximate surface area is 250 Å². The summed E-state index contributed by atoms with van der Waals surface area (Å²) in [6.45, 7) is 9.33.